The number of aryl methyl sites for hydroxylation is 2. The van der Waals surface area contributed by atoms with E-state index in [2.05, 4.69) is 15.2 Å². The Hall–Kier alpha value is -1.86. The van der Waals surface area contributed by atoms with Crippen LogP contribution in [0, 0.1) is 13.8 Å². The summed E-state index contributed by atoms with van der Waals surface area (Å²) in [5, 5.41) is 6.79. The van der Waals surface area contributed by atoms with Crippen molar-refractivity contribution in [2.75, 3.05) is 11.8 Å². The fourth-order valence-corrected chi connectivity index (χ4v) is 3.60. The molecular weight excluding hydrogens is 290 g/mol. The first kappa shape index (κ1) is 15.5. The average molecular weight is 309 g/mol. The van der Waals surface area contributed by atoms with Gasteiger partial charge in [0.2, 0.25) is 0 Å². The first-order valence-corrected chi connectivity index (χ1v) is 8.07. The number of nitrogens with zero attached hydrogens (tertiary/aromatic N) is 1. The van der Waals surface area contributed by atoms with Crippen molar-refractivity contribution in [2.24, 2.45) is 0 Å². The maximum atomic E-state index is 12.5. The SMILES string of the molecule is CNC(C)c1ccccc1NS(=O)(=O)c1c(C)noc1C. The lowest BCUT2D eigenvalue weighted by molar-refractivity contribution is 0.390. The zero-order valence-corrected chi connectivity index (χ0v) is 13.3. The number of hydrogen-bond donors (Lipinski definition) is 2. The van der Waals surface area contributed by atoms with E-state index in [1.807, 2.05) is 26.1 Å². The Kier molecular flexibility index (Phi) is 4.34. The summed E-state index contributed by atoms with van der Waals surface area (Å²) in [5.74, 6) is 0.277. The number of sulfonamides is 1. The molecule has 0 radical (unpaired) electrons. The second kappa shape index (κ2) is 5.87. The Balaban J connectivity index is 2.43. The van der Waals surface area contributed by atoms with Gasteiger partial charge < -0.3 is 9.84 Å². The number of benzene rings is 1. The highest BCUT2D eigenvalue weighted by atomic mass is 32.2. The quantitative estimate of drug-likeness (QED) is 0.886. The van der Waals surface area contributed by atoms with Crippen molar-refractivity contribution in [3.05, 3.63) is 41.3 Å². The van der Waals surface area contributed by atoms with Gasteiger partial charge in [-0.15, -0.1) is 0 Å². The number of para-hydroxylation sites is 1. The molecule has 21 heavy (non-hydrogen) atoms. The molecule has 0 saturated carbocycles. The third-order valence-corrected chi connectivity index (χ3v) is 4.95. The summed E-state index contributed by atoms with van der Waals surface area (Å²) < 4.78 is 32.6. The largest absolute Gasteiger partial charge is 0.360 e. The van der Waals surface area contributed by atoms with Crippen LogP contribution < -0.4 is 10.0 Å². The van der Waals surface area contributed by atoms with Gasteiger partial charge in [0, 0.05) is 6.04 Å². The van der Waals surface area contributed by atoms with Gasteiger partial charge in [-0.3, -0.25) is 4.72 Å². The summed E-state index contributed by atoms with van der Waals surface area (Å²) in [5.41, 5.74) is 1.76. The molecule has 0 aliphatic heterocycles. The van der Waals surface area contributed by atoms with Crippen LogP contribution in [0.25, 0.3) is 0 Å². The highest BCUT2D eigenvalue weighted by Crippen LogP contribution is 2.27. The van der Waals surface area contributed by atoms with E-state index < -0.39 is 10.0 Å². The molecule has 0 aliphatic rings. The maximum absolute atomic E-state index is 12.5. The molecule has 0 aliphatic carbocycles. The van der Waals surface area contributed by atoms with Crippen LogP contribution in [0.4, 0.5) is 5.69 Å². The molecule has 2 N–H and O–H groups in total. The number of hydrogen-bond acceptors (Lipinski definition) is 5. The Morgan fingerprint density at radius 2 is 1.90 bits per heavy atom. The lowest BCUT2D eigenvalue weighted by atomic mass is 10.1. The highest BCUT2D eigenvalue weighted by molar-refractivity contribution is 7.92. The van der Waals surface area contributed by atoms with E-state index in [9.17, 15) is 8.42 Å². The Morgan fingerprint density at radius 3 is 2.48 bits per heavy atom. The first-order chi connectivity index (χ1) is 9.86. The van der Waals surface area contributed by atoms with Gasteiger partial charge in [0.1, 0.15) is 5.69 Å². The minimum Gasteiger partial charge on any atom is -0.360 e. The molecule has 1 unspecified atom stereocenters. The van der Waals surface area contributed by atoms with Crippen molar-refractivity contribution >= 4 is 15.7 Å². The first-order valence-electron chi connectivity index (χ1n) is 6.58. The predicted octanol–water partition coefficient (Wildman–Crippen LogP) is 2.37. The second-order valence-electron chi connectivity index (χ2n) is 4.86. The summed E-state index contributed by atoms with van der Waals surface area (Å²) >= 11 is 0. The predicted molar refractivity (Wildman–Crippen MR) is 80.7 cm³/mol. The molecule has 1 aromatic carbocycles. The molecule has 2 rings (SSSR count). The van der Waals surface area contributed by atoms with Gasteiger partial charge in [-0.1, -0.05) is 23.4 Å². The van der Waals surface area contributed by atoms with E-state index in [0.29, 0.717) is 11.4 Å². The van der Waals surface area contributed by atoms with E-state index in [4.69, 9.17) is 4.52 Å². The summed E-state index contributed by atoms with van der Waals surface area (Å²) in [7, 11) is -1.91. The van der Waals surface area contributed by atoms with Crippen LogP contribution in [0.2, 0.25) is 0 Å². The standard InChI is InChI=1S/C14H19N3O3S/c1-9(15-4)12-7-5-6-8-13(12)17-21(18,19)14-10(2)16-20-11(14)3/h5-9,15,17H,1-4H3. The van der Waals surface area contributed by atoms with Gasteiger partial charge in [0.25, 0.3) is 10.0 Å². The molecule has 1 atom stereocenters. The number of nitrogens with one attached hydrogen (secondary N) is 2. The van der Waals surface area contributed by atoms with Crippen molar-refractivity contribution in [1.29, 1.82) is 0 Å². The van der Waals surface area contributed by atoms with Crippen LogP contribution in [-0.4, -0.2) is 20.6 Å². The third kappa shape index (κ3) is 3.08. The molecule has 1 aromatic heterocycles. The molecule has 0 fully saturated rings. The second-order valence-corrected chi connectivity index (χ2v) is 6.48. The van der Waals surface area contributed by atoms with Crippen LogP contribution in [-0.2, 0) is 10.0 Å². The van der Waals surface area contributed by atoms with E-state index in [0.717, 1.165) is 5.56 Å². The molecular formula is C14H19N3O3S. The Labute approximate surface area is 124 Å². The van der Waals surface area contributed by atoms with Crippen molar-refractivity contribution < 1.29 is 12.9 Å². The highest BCUT2D eigenvalue weighted by Gasteiger charge is 2.25. The normalized spacial score (nSPS) is 13.1. The molecule has 7 heteroatoms. The average Bonchev–Trinajstić information content (AvgIpc) is 2.78. The van der Waals surface area contributed by atoms with Crippen molar-refractivity contribution in [3.8, 4) is 0 Å². The molecule has 0 saturated heterocycles. The monoisotopic (exact) mass is 309 g/mol. The number of anilines is 1. The van der Waals surface area contributed by atoms with Crippen molar-refractivity contribution in [1.82, 2.24) is 10.5 Å². The molecule has 0 spiro atoms. The summed E-state index contributed by atoms with van der Waals surface area (Å²) in [6.45, 7) is 5.15. The molecule has 2 aromatic rings. The van der Waals surface area contributed by atoms with Crippen LogP contribution in [0.15, 0.2) is 33.7 Å². The van der Waals surface area contributed by atoms with Crippen molar-refractivity contribution in [2.45, 2.75) is 31.7 Å². The zero-order chi connectivity index (χ0) is 15.6. The summed E-state index contributed by atoms with van der Waals surface area (Å²) in [6.07, 6.45) is 0. The minimum atomic E-state index is -3.73. The smallest absolute Gasteiger partial charge is 0.267 e. The number of aromatic nitrogens is 1. The fourth-order valence-electron chi connectivity index (χ4n) is 2.18. The van der Waals surface area contributed by atoms with Gasteiger partial charge in [-0.05, 0) is 39.4 Å². The van der Waals surface area contributed by atoms with Gasteiger partial charge in [0.05, 0.1) is 5.69 Å². The molecule has 6 nitrogen and oxygen atoms in total. The van der Waals surface area contributed by atoms with Gasteiger partial charge in [0.15, 0.2) is 10.7 Å². The van der Waals surface area contributed by atoms with E-state index >= 15 is 0 Å². The zero-order valence-electron chi connectivity index (χ0n) is 12.5. The fraction of sp³-hybridized carbons (Fsp3) is 0.357. The molecule has 0 bridgehead atoms. The van der Waals surface area contributed by atoms with Gasteiger partial charge in [-0.25, -0.2) is 8.42 Å². The van der Waals surface area contributed by atoms with Gasteiger partial charge in [-0.2, -0.15) is 0 Å². The van der Waals surface area contributed by atoms with E-state index in [1.54, 1.807) is 26.0 Å². The molecule has 1 heterocycles. The van der Waals surface area contributed by atoms with Crippen LogP contribution >= 0.6 is 0 Å². The topological polar surface area (TPSA) is 84.2 Å². The molecule has 0 amide bonds. The Morgan fingerprint density at radius 1 is 1.24 bits per heavy atom. The minimum absolute atomic E-state index is 0.0218. The third-order valence-electron chi connectivity index (χ3n) is 3.34. The van der Waals surface area contributed by atoms with Crippen molar-refractivity contribution in [3.63, 3.8) is 0 Å². The van der Waals surface area contributed by atoms with E-state index in [1.165, 1.54) is 0 Å². The van der Waals surface area contributed by atoms with Gasteiger partial charge >= 0.3 is 0 Å². The van der Waals surface area contributed by atoms with E-state index in [-0.39, 0.29) is 16.7 Å². The number of rotatable bonds is 5. The van der Waals surface area contributed by atoms with Crippen LogP contribution in [0.1, 0.15) is 30.0 Å². The van der Waals surface area contributed by atoms with Crippen LogP contribution in [0.5, 0.6) is 0 Å². The lowest BCUT2D eigenvalue weighted by Crippen LogP contribution is -2.19. The Bertz CT molecular complexity index is 718. The summed E-state index contributed by atoms with van der Waals surface area (Å²) in [4.78, 5) is 0.0920. The van der Waals surface area contributed by atoms with Crippen LogP contribution in [0.3, 0.4) is 0 Å². The maximum Gasteiger partial charge on any atom is 0.267 e. The molecule has 114 valence electrons. The lowest BCUT2D eigenvalue weighted by Gasteiger charge is -2.17. The summed E-state index contributed by atoms with van der Waals surface area (Å²) in [6, 6.07) is 7.30.